The quantitative estimate of drug-likeness (QED) is 0.727. The third kappa shape index (κ3) is 4.92. The Morgan fingerprint density at radius 1 is 1.07 bits per heavy atom. The first-order chi connectivity index (χ1) is 13.0. The van der Waals surface area contributed by atoms with Gasteiger partial charge in [-0.05, 0) is 37.1 Å². The fourth-order valence-electron chi connectivity index (χ4n) is 2.81. The SMILES string of the molecule is O=S(=O)(c1ccc(NCCOc2ccc(F)c(F)c2)nc1)N1CCCCC1. The second kappa shape index (κ2) is 8.62. The van der Waals surface area contributed by atoms with Gasteiger partial charge in [0.1, 0.15) is 23.1 Å². The summed E-state index contributed by atoms with van der Waals surface area (Å²) < 4.78 is 57.9. The van der Waals surface area contributed by atoms with Crippen LogP contribution in [0.2, 0.25) is 0 Å². The number of sulfonamides is 1. The van der Waals surface area contributed by atoms with E-state index >= 15 is 0 Å². The summed E-state index contributed by atoms with van der Waals surface area (Å²) in [6.45, 7) is 1.66. The van der Waals surface area contributed by atoms with Gasteiger partial charge in [-0.25, -0.2) is 22.2 Å². The number of nitrogens with one attached hydrogen (secondary N) is 1. The van der Waals surface area contributed by atoms with Crippen molar-refractivity contribution in [2.75, 3.05) is 31.6 Å². The summed E-state index contributed by atoms with van der Waals surface area (Å²) in [4.78, 5) is 4.30. The highest BCUT2D eigenvalue weighted by atomic mass is 32.2. The smallest absolute Gasteiger partial charge is 0.244 e. The summed E-state index contributed by atoms with van der Waals surface area (Å²) in [5.41, 5.74) is 0. The number of hydrogen-bond donors (Lipinski definition) is 1. The van der Waals surface area contributed by atoms with Gasteiger partial charge < -0.3 is 10.1 Å². The summed E-state index contributed by atoms with van der Waals surface area (Å²) in [6, 6.07) is 6.44. The van der Waals surface area contributed by atoms with Crippen LogP contribution in [-0.4, -0.2) is 43.9 Å². The van der Waals surface area contributed by atoms with Crippen molar-refractivity contribution >= 4 is 15.8 Å². The van der Waals surface area contributed by atoms with Crippen molar-refractivity contribution in [3.63, 3.8) is 0 Å². The van der Waals surface area contributed by atoms with Gasteiger partial charge in [-0.1, -0.05) is 6.42 Å². The third-order valence-corrected chi connectivity index (χ3v) is 6.14. The van der Waals surface area contributed by atoms with E-state index in [-0.39, 0.29) is 17.3 Å². The van der Waals surface area contributed by atoms with Gasteiger partial charge in [0, 0.05) is 25.4 Å². The van der Waals surface area contributed by atoms with Gasteiger partial charge in [-0.2, -0.15) is 4.31 Å². The highest BCUT2D eigenvalue weighted by Gasteiger charge is 2.26. The largest absolute Gasteiger partial charge is 0.492 e. The lowest BCUT2D eigenvalue weighted by Gasteiger charge is -2.25. The standard InChI is InChI=1S/C18H21F2N3O3S/c19-16-6-4-14(12-17(16)20)26-11-8-21-18-7-5-15(13-22-18)27(24,25)23-9-2-1-3-10-23/h4-7,12-13H,1-3,8-11H2,(H,21,22). The van der Waals surface area contributed by atoms with Crippen molar-refractivity contribution in [1.82, 2.24) is 9.29 Å². The number of rotatable bonds is 7. The summed E-state index contributed by atoms with van der Waals surface area (Å²) in [7, 11) is -3.50. The minimum Gasteiger partial charge on any atom is -0.492 e. The third-order valence-electron chi connectivity index (χ3n) is 4.26. The number of benzene rings is 1. The fourth-order valence-corrected chi connectivity index (χ4v) is 4.27. The molecule has 9 heteroatoms. The maximum Gasteiger partial charge on any atom is 0.244 e. The molecule has 0 spiro atoms. The maximum absolute atomic E-state index is 13.1. The summed E-state index contributed by atoms with van der Waals surface area (Å²) in [6.07, 6.45) is 4.15. The lowest BCUT2D eigenvalue weighted by Crippen LogP contribution is -2.35. The Morgan fingerprint density at radius 3 is 2.52 bits per heavy atom. The molecule has 0 unspecified atom stereocenters. The fraction of sp³-hybridized carbons (Fsp3) is 0.389. The van der Waals surface area contributed by atoms with Gasteiger partial charge in [-0.15, -0.1) is 0 Å². The van der Waals surface area contributed by atoms with Crippen LogP contribution < -0.4 is 10.1 Å². The first kappa shape index (κ1) is 19.5. The summed E-state index contributed by atoms with van der Waals surface area (Å²) in [5, 5.41) is 2.99. The van der Waals surface area contributed by atoms with E-state index < -0.39 is 21.7 Å². The van der Waals surface area contributed by atoms with E-state index in [0.717, 1.165) is 31.4 Å². The van der Waals surface area contributed by atoms with E-state index in [1.165, 1.54) is 22.6 Å². The normalized spacial score (nSPS) is 15.5. The van der Waals surface area contributed by atoms with Crippen LogP contribution in [0.1, 0.15) is 19.3 Å². The molecule has 0 aliphatic carbocycles. The minimum absolute atomic E-state index is 0.174. The van der Waals surface area contributed by atoms with Crippen LogP contribution in [0.4, 0.5) is 14.6 Å². The molecular weight excluding hydrogens is 376 g/mol. The van der Waals surface area contributed by atoms with Crippen LogP contribution in [-0.2, 0) is 10.0 Å². The predicted octanol–water partition coefficient (Wildman–Crippen LogP) is 3.03. The Balaban J connectivity index is 1.51. The second-order valence-electron chi connectivity index (χ2n) is 6.20. The predicted molar refractivity (Wildman–Crippen MR) is 97.2 cm³/mol. The molecule has 146 valence electrons. The Kier molecular flexibility index (Phi) is 6.22. The monoisotopic (exact) mass is 397 g/mol. The topological polar surface area (TPSA) is 71.5 Å². The molecule has 0 radical (unpaired) electrons. The molecule has 27 heavy (non-hydrogen) atoms. The molecule has 1 aromatic carbocycles. The molecule has 0 atom stereocenters. The van der Waals surface area contributed by atoms with Crippen LogP contribution in [0.25, 0.3) is 0 Å². The molecule has 1 fully saturated rings. The molecule has 1 aromatic heterocycles. The van der Waals surface area contributed by atoms with Gasteiger partial charge in [0.2, 0.25) is 10.0 Å². The van der Waals surface area contributed by atoms with Crippen molar-refractivity contribution in [3.05, 3.63) is 48.2 Å². The van der Waals surface area contributed by atoms with E-state index in [1.807, 2.05) is 0 Å². The molecule has 1 N–H and O–H groups in total. The Hall–Kier alpha value is -2.26. The van der Waals surface area contributed by atoms with Gasteiger partial charge in [0.15, 0.2) is 11.6 Å². The molecule has 0 bridgehead atoms. The number of anilines is 1. The van der Waals surface area contributed by atoms with Crippen molar-refractivity contribution in [3.8, 4) is 5.75 Å². The molecule has 1 saturated heterocycles. The Labute approximate surface area is 157 Å². The molecule has 1 aliphatic heterocycles. The zero-order valence-corrected chi connectivity index (χ0v) is 15.5. The van der Waals surface area contributed by atoms with Gasteiger partial charge >= 0.3 is 0 Å². The zero-order valence-electron chi connectivity index (χ0n) is 14.7. The first-order valence-corrected chi connectivity index (χ1v) is 10.2. The first-order valence-electron chi connectivity index (χ1n) is 8.75. The molecule has 6 nitrogen and oxygen atoms in total. The average molecular weight is 397 g/mol. The number of nitrogens with zero attached hydrogens (tertiary/aromatic N) is 2. The van der Waals surface area contributed by atoms with Crippen LogP contribution in [0, 0.1) is 11.6 Å². The molecule has 2 aromatic rings. The van der Waals surface area contributed by atoms with Crippen LogP contribution in [0.5, 0.6) is 5.75 Å². The molecule has 0 saturated carbocycles. The van der Waals surface area contributed by atoms with Crippen molar-refractivity contribution in [2.45, 2.75) is 24.2 Å². The van der Waals surface area contributed by atoms with E-state index in [1.54, 1.807) is 6.07 Å². The van der Waals surface area contributed by atoms with E-state index in [2.05, 4.69) is 10.3 Å². The second-order valence-corrected chi connectivity index (χ2v) is 8.13. The van der Waals surface area contributed by atoms with Crippen molar-refractivity contribution < 1.29 is 21.9 Å². The molecule has 2 heterocycles. The van der Waals surface area contributed by atoms with Crippen molar-refractivity contribution in [2.24, 2.45) is 0 Å². The number of ether oxygens (including phenoxy) is 1. The molecule has 0 amide bonds. The molecular formula is C18H21F2N3O3S. The maximum atomic E-state index is 13.1. The van der Waals surface area contributed by atoms with E-state index in [9.17, 15) is 17.2 Å². The number of halogens is 2. The minimum atomic E-state index is -3.50. The number of piperidine rings is 1. The summed E-state index contributed by atoms with van der Waals surface area (Å²) in [5.74, 6) is -1.16. The lowest BCUT2D eigenvalue weighted by molar-refractivity contribution is 0.329. The van der Waals surface area contributed by atoms with Crippen LogP contribution in [0.15, 0.2) is 41.4 Å². The summed E-state index contributed by atoms with van der Waals surface area (Å²) >= 11 is 0. The van der Waals surface area contributed by atoms with Crippen LogP contribution in [0.3, 0.4) is 0 Å². The van der Waals surface area contributed by atoms with Gasteiger partial charge in [0.05, 0.1) is 6.54 Å². The number of hydrogen-bond acceptors (Lipinski definition) is 5. The van der Waals surface area contributed by atoms with E-state index in [4.69, 9.17) is 4.74 Å². The Bertz CT molecular complexity index is 870. The van der Waals surface area contributed by atoms with Crippen LogP contribution >= 0.6 is 0 Å². The van der Waals surface area contributed by atoms with Gasteiger partial charge in [0.25, 0.3) is 0 Å². The molecule has 1 aliphatic rings. The zero-order chi connectivity index (χ0) is 19.3. The lowest BCUT2D eigenvalue weighted by atomic mass is 10.2. The number of aromatic nitrogens is 1. The average Bonchev–Trinajstić information content (AvgIpc) is 2.69. The Morgan fingerprint density at radius 2 is 1.85 bits per heavy atom. The van der Waals surface area contributed by atoms with E-state index in [0.29, 0.717) is 25.5 Å². The van der Waals surface area contributed by atoms with Gasteiger partial charge in [-0.3, -0.25) is 0 Å². The van der Waals surface area contributed by atoms with Crippen molar-refractivity contribution in [1.29, 1.82) is 0 Å². The highest BCUT2D eigenvalue weighted by molar-refractivity contribution is 7.89. The highest BCUT2D eigenvalue weighted by Crippen LogP contribution is 2.20. The molecule has 3 rings (SSSR count). The number of pyridine rings is 1.